The third-order valence-electron chi connectivity index (χ3n) is 4.02. The van der Waals surface area contributed by atoms with Crippen molar-refractivity contribution in [2.45, 2.75) is 77.8 Å². The summed E-state index contributed by atoms with van der Waals surface area (Å²) in [7, 11) is 0. The van der Waals surface area contributed by atoms with Gasteiger partial charge in [-0.15, -0.1) is 0 Å². The van der Waals surface area contributed by atoms with Crippen LogP contribution in [0.5, 0.6) is 0 Å². The lowest BCUT2D eigenvalue weighted by Crippen LogP contribution is -2.27. The van der Waals surface area contributed by atoms with Crippen molar-refractivity contribution in [3.05, 3.63) is 47.7 Å². The molecule has 0 spiro atoms. The molecule has 5 nitrogen and oxygen atoms in total. The Morgan fingerprint density at radius 3 is 2.45 bits per heavy atom. The van der Waals surface area contributed by atoms with Crippen molar-refractivity contribution in [2.75, 3.05) is 11.9 Å². The van der Waals surface area contributed by atoms with Gasteiger partial charge in [0.25, 0.3) is 0 Å². The molecule has 1 aliphatic heterocycles. The standard InChI is InChI=1S/C18H22N4O.C4H10S.C3H8/c19-11-14-8-7-13(16-5-3-4-15(12-20)21-16)10-17(14)22-18-6-1-2-9-23-18;1-4(2,3)5;1-3-2/h3-5,7-8,10-11,18-19,22H,1-2,6,9,12,20H2;5H,1-3H3;3H2,1-2H3. The van der Waals surface area contributed by atoms with E-state index in [2.05, 4.69) is 57.5 Å². The Balaban J connectivity index is 0.000000519. The van der Waals surface area contributed by atoms with Gasteiger partial charge in [-0.05, 0) is 37.5 Å². The minimum atomic E-state index is 0.0148. The van der Waals surface area contributed by atoms with E-state index in [4.69, 9.17) is 15.9 Å². The first-order valence-electron chi connectivity index (χ1n) is 11.1. The molecule has 1 atom stereocenters. The largest absolute Gasteiger partial charge is 0.360 e. The van der Waals surface area contributed by atoms with Crippen LogP contribution in [0.1, 0.15) is 71.6 Å². The van der Waals surface area contributed by atoms with Crippen molar-refractivity contribution in [1.82, 2.24) is 4.98 Å². The Morgan fingerprint density at radius 2 is 1.90 bits per heavy atom. The quantitative estimate of drug-likeness (QED) is 0.323. The number of ether oxygens (including phenoxy) is 1. The minimum Gasteiger partial charge on any atom is -0.360 e. The van der Waals surface area contributed by atoms with Gasteiger partial charge in [0.2, 0.25) is 0 Å². The molecular weight excluding hydrogens is 404 g/mol. The van der Waals surface area contributed by atoms with Crippen molar-refractivity contribution in [2.24, 2.45) is 5.73 Å². The molecule has 1 fully saturated rings. The van der Waals surface area contributed by atoms with Gasteiger partial charge in [-0.25, -0.2) is 0 Å². The Hall–Kier alpha value is -1.89. The molecule has 172 valence electrons. The number of pyridine rings is 1. The number of nitrogens with one attached hydrogen (secondary N) is 2. The van der Waals surface area contributed by atoms with Crippen molar-refractivity contribution < 1.29 is 4.74 Å². The molecule has 0 saturated carbocycles. The zero-order valence-corrected chi connectivity index (χ0v) is 20.6. The number of rotatable bonds is 5. The predicted octanol–water partition coefficient (Wildman–Crippen LogP) is 6.27. The number of nitrogens with zero attached hydrogens (tertiary/aromatic N) is 1. The summed E-state index contributed by atoms with van der Waals surface area (Å²) in [4.78, 5) is 4.56. The van der Waals surface area contributed by atoms with Crippen LogP contribution in [0.15, 0.2) is 36.4 Å². The summed E-state index contributed by atoms with van der Waals surface area (Å²) in [6.07, 6.45) is 5.89. The van der Waals surface area contributed by atoms with Gasteiger partial charge >= 0.3 is 0 Å². The average Bonchev–Trinajstić information content (AvgIpc) is 2.74. The van der Waals surface area contributed by atoms with Crippen LogP contribution >= 0.6 is 12.6 Å². The predicted molar refractivity (Wildman–Crippen MR) is 137 cm³/mol. The zero-order chi connectivity index (χ0) is 23.3. The van der Waals surface area contributed by atoms with Gasteiger partial charge in [0.1, 0.15) is 6.23 Å². The summed E-state index contributed by atoms with van der Waals surface area (Å²) in [5.41, 5.74) is 10.2. The third-order valence-corrected chi connectivity index (χ3v) is 4.02. The van der Waals surface area contributed by atoms with E-state index >= 15 is 0 Å². The Kier molecular flexibility index (Phi) is 12.5. The van der Waals surface area contributed by atoms with E-state index < -0.39 is 0 Å². The summed E-state index contributed by atoms with van der Waals surface area (Å²) >= 11 is 4.12. The molecule has 1 unspecified atom stereocenters. The van der Waals surface area contributed by atoms with Crippen molar-refractivity contribution in [3.63, 3.8) is 0 Å². The number of aromatic nitrogens is 1. The summed E-state index contributed by atoms with van der Waals surface area (Å²) in [6, 6.07) is 11.8. The highest BCUT2D eigenvalue weighted by Gasteiger charge is 2.15. The summed E-state index contributed by atoms with van der Waals surface area (Å²) < 4.78 is 5.94. The first-order chi connectivity index (χ1) is 14.7. The minimum absolute atomic E-state index is 0.0148. The van der Waals surface area contributed by atoms with E-state index in [-0.39, 0.29) is 11.0 Å². The highest BCUT2D eigenvalue weighted by atomic mass is 32.1. The highest BCUT2D eigenvalue weighted by Crippen LogP contribution is 2.26. The highest BCUT2D eigenvalue weighted by molar-refractivity contribution is 7.81. The number of hydrogen-bond donors (Lipinski definition) is 4. The molecule has 3 rings (SSSR count). The molecule has 1 aromatic heterocycles. The van der Waals surface area contributed by atoms with Crippen LogP contribution in [-0.4, -0.2) is 28.8 Å². The molecule has 0 amide bonds. The van der Waals surface area contributed by atoms with Gasteiger partial charge in [-0.3, -0.25) is 4.98 Å². The lowest BCUT2D eigenvalue weighted by Gasteiger charge is -2.25. The first-order valence-corrected chi connectivity index (χ1v) is 11.6. The fraction of sp³-hybridized carbons (Fsp3) is 0.520. The molecule has 0 bridgehead atoms. The van der Waals surface area contributed by atoms with E-state index in [1.165, 1.54) is 12.6 Å². The number of nitrogens with two attached hydrogens (primary N) is 1. The Labute approximate surface area is 194 Å². The Morgan fingerprint density at radius 1 is 1.23 bits per heavy atom. The van der Waals surface area contributed by atoms with Gasteiger partial charge in [-0.2, -0.15) is 12.6 Å². The second-order valence-corrected chi connectivity index (χ2v) is 9.88. The van der Waals surface area contributed by atoms with Crippen molar-refractivity contribution in [1.29, 1.82) is 5.41 Å². The lowest BCUT2D eigenvalue weighted by molar-refractivity contribution is 0.0343. The molecule has 4 N–H and O–H groups in total. The summed E-state index contributed by atoms with van der Waals surface area (Å²) in [5.74, 6) is 0. The first kappa shape index (κ1) is 27.1. The molecular formula is C25H40N4OS. The van der Waals surface area contributed by atoms with Gasteiger partial charge in [-0.1, -0.05) is 59.2 Å². The van der Waals surface area contributed by atoms with E-state index in [0.717, 1.165) is 54.1 Å². The molecule has 1 aliphatic rings. The van der Waals surface area contributed by atoms with Gasteiger partial charge in [0.05, 0.1) is 11.4 Å². The Bertz CT molecular complexity index is 777. The molecule has 1 aromatic carbocycles. The van der Waals surface area contributed by atoms with Gasteiger partial charge in [0, 0.05) is 40.9 Å². The smallest absolute Gasteiger partial charge is 0.127 e. The number of anilines is 1. The summed E-state index contributed by atoms with van der Waals surface area (Å²) in [6.45, 7) is 11.6. The second kappa shape index (κ2) is 14.2. The molecule has 2 heterocycles. The number of thiol groups is 1. The van der Waals surface area contributed by atoms with Crippen LogP contribution in [0.4, 0.5) is 5.69 Å². The fourth-order valence-electron chi connectivity index (χ4n) is 2.75. The molecule has 0 radical (unpaired) electrons. The van der Waals surface area contributed by atoms with Gasteiger partial charge < -0.3 is 21.2 Å². The number of hydrogen-bond acceptors (Lipinski definition) is 6. The topological polar surface area (TPSA) is 84.0 Å². The van der Waals surface area contributed by atoms with Crippen LogP contribution < -0.4 is 11.1 Å². The monoisotopic (exact) mass is 444 g/mol. The maximum absolute atomic E-state index is 7.60. The van der Waals surface area contributed by atoms with Crippen LogP contribution in [-0.2, 0) is 11.3 Å². The fourth-order valence-corrected chi connectivity index (χ4v) is 2.75. The van der Waals surface area contributed by atoms with E-state index in [0.29, 0.717) is 6.54 Å². The lowest BCUT2D eigenvalue weighted by atomic mass is 10.1. The van der Waals surface area contributed by atoms with Crippen molar-refractivity contribution >= 4 is 24.5 Å². The second-order valence-electron chi connectivity index (χ2n) is 8.54. The average molecular weight is 445 g/mol. The van der Waals surface area contributed by atoms with Crippen LogP contribution in [0.25, 0.3) is 11.3 Å². The number of benzene rings is 1. The third kappa shape index (κ3) is 11.3. The molecule has 31 heavy (non-hydrogen) atoms. The molecule has 2 aromatic rings. The van der Waals surface area contributed by atoms with Crippen molar-refractivity contribution in [3.8, 4) is 11.3 Å². The van der Waals surface area contributed by atoms with E-state index in [1.807, 2.05) is 36.4 Å². The van der Waals surface area contributed by atoms with E-state index in [9.17, 15) is 0 Å². The molecule has 0 aliphatic carbocycles. The molecule has 6 heteroatoms. The zero-order valence-electron chi connectivity index (χ0n) is 19.7. The van der Waals surface area contributed by atoms with Crippen LogP contribution in [0.3, 0.4) is 0 Å². The maximum Gasteiger partial charge on any atom is 0.127 e. The van der Waals surface area contributed by atoms with Crippen LogP contribution in [0, 0.1) is 5.41 Å². The SMILES string of the molecule is CC(C)(C)S.CCC.N=Cc1ccc(-c2cccc(CN)n2)cc1NC1CCCCO1. The molecule has 1 saturated heterocycles. The normalized spacial score (nSPS) is 15.6. The van der Waals surface area contributed by atoms with Gasteiger partial charge in [0.15, 0.2) is 0 Å². The summed E-state index contributed by atoms with van der Waals surface area (Å²) in [5, 5.41) is 11.0. The maximum atomic E-state index is 7.60. The van der Waals surface area contributed by atoms with E-state index in [1.54, 1.807) is 0 Å². The van der Waals surface area contributed by atoms with Crippen LogP contribution in [0.2, 0.25) is 0 Å².